The minimum Gasteiger partial charge on any atom is -0.0622 e. The van der Waals surface area contributed by atoms with Crippen molar-refractivity contribution in [3.05, 3.63) is 115 Å². The zero-order chi connectivity index (χ0) is 16.2. The molecule has 0 spiro atoms. The molecule has 0 saturated heterocycles. The van der Waals surface area contributed by atoms with Crippen LogP contribution in [0.25, 0.3) is 0 Å². The smallest absolute Gasteiger partial charge is 0.0622 e. The highest BCUT2D eigenvalue weighted by Crippen LogP contribution is 2.61. The summed E-state index contributed by atoms with van der Waals surface area (Å²) in [5, 5.41) is 4.30. The monoisotopic (exact) mass is 327 g/mol. The van der Waals surface area contributed by atoms with Crippen molar-refractivity contribution in [2.45, 2.75) is 5.66 Å². The maximum absolute atomic E-state index is 2.36. The Hall–Kier alpha value is -2.43. The van der Waals surface area contributed by atoms with Crippen molar-refractivity contribution in [3.8, 4) is 0 Å². The Balaban J connectivity index is 2.07. The summed E-state index contributed by atoms with van der Waals surface area (Å²) < 4.78 is 0. The molecule has 0 atom stereocenters. The van der Waals surface area contributed by atoms with Crippen molar-refractivity contribution in [1.29, 1.82) is 0 Å². The van der Waals surface area contributed by atoms with Crippen LogP contribution >= 0.6 is 7.26 Å². The normalized spacial score (nSPS) is 14.2. The predicted molar refractivity (Wildman–Crippen MR) is 107 cm³/mol. The highest BCUT2D eigenvalue weighted by Gasteiger charge is 2.50. The van der Waals surface area contributed by atoms with E-state index in [0.717, 1.165) is 0 Å². The third-order valence-electron chi connectivity index (χ3n) is 4.67. The second-order valence-corrected chi connectivity index (χ2v) is 9.58. The largest absolute Gasteiger partial charge is 0.122 e. The van der Waals surface area contributed by atoms with Crippen LogP contribution in [-0.2, 0) is 0 Å². The van der Waals surface area contributed by atoms with Gasteiger partial charge in [-0.2, -0.15) is 0 Å². The molecule has 0 saturated carbocycles. The fourth-order valence-electron chi connectivity index (χ4n) is 3.63. The lowest BCUT2D eigenvalue weighted by Gasteiger charge is -2.31. The molecule has 1 heteroatoms. The topological polar surface area (TPSA) is 0 Å². The van der Waals surface area contributed by atoms with Crippen molar-refractivity contribution in [3.63, 3.8) is 0 Å². The maximum atomic E-state index is 2.36. The molecule has 1 aliphatic rings. The molecule has 0 amide bonds. The standard InChI is InChI=1S/C23H20P/c1-4-12-20(13-5-1)24(23-18-10-11-19-23,21-14-6-2-7-15-21)22-16-8-3-9-17-22/h1-19,23H/q+1. The van der Waals surface area contributed by atoms with Gasteiger partial charge in [0.1, 0.15) is 28.8 Å². The van der Waals surface area contributed by atoms with Crippen molar-refractivity contribution >= 4 is 23.2 Å². The zero-order valence-electron chi connectivity index (χ0n) is 13.5. The summed E-state index contributed by atoms with van der Waals surface area (Å²) >= 11 is 0. The van der Waals surface area contributed by atoms with E-state index in [-0.39, 0.29) is 0 Å². The van der Waals surface area contributed by atoms with E-state index in [9.17, 15) is 0 Å². The predicted octanol–water partition coefficient (Wildman–Crippen LogP) is 4.48. The third kappa shape index (κ3) is 2.44. The summed E-state index contributed by atoms with van der Waals surface area (Å²) in [6.45, 7) is 0. The molecule has 3 aromatic rings. The van der Waals surface area contributed by atoms with Gasteiger partial charge in [0.25, 0.3) is 0 Å². The number of rotatable bonds is 4. The van der Waals surface area contributed by atoms with Gasteiger partial charge in [0.05, 0.1) is 0 Å². The Morgan fingerprint density at radius 3 is 1.12 bits per heavy atom. The van der Waals surface area contributed by atoms with E-state index >= 15 is 0 Å². The molecule has 0 nitrogen and oxygen atoms in total. The van der Waals surface area contributed by atoms with E-state index < -0.39 is 7.26 Å². The van der Waals surface area contributed by atoms with E-state index in [4.69, 9.17) is 0 Å². The molecule has 0 bridgehead atoms. The van der Waals surface area contributed by atoms with Gasteiger partial charge in [-0.3, -0.25) is 0 Å². The zero-order valence-corrected chi connectivity index (χ0v) is 14.4. The summed E-state index contributed by atoms with van der Waals surface area (Å²) in [4.78, 5) is 0. The van der Waals surface area contributed by atoms with Crippen LogP contribution in [0.3, 0.4) is 0 Å². The molecule has 0 unspecified atom stereocenters. The number of hydrogen-bond acceptors (Lipinski definition) is 0. The summed E-state index contributed by atoms with van der Waals surface area (Å²) in [6, 6.07) is 33.1. The highest BCUT2D eigenvalue weighted by molar-refractivity contribution is 7.96. The molecule has 0 fully saturated rings. The Kier molecular flexibility index (Phi) is 4.15. The molecule has 0 aliphatic heterocycles. The fourth-order valence-corrected chi connectivity index (χ4v) is 8.20. The van der Waals surface area contributed by atoms with Gasteiger partial charge in [-0.05, 0) is 48.6 Å². The van der Waals surface area contributed by atoms with Crippen LogP contribution in [0, 0.1) is 0 Å². The molecular formula is C23H20P+. The molecular weight excluding hydrogens is 307 g/mol. The molecule has 0 radical (unpaired) electrons. The van der Waals surface area contributed by atoms with Gasteiger partial charge in [-0.1, -0.05) is 66.7 Å². The summed E-state index contributed by atoms with van der Waals surface area (Å²) in [5.41, 5.74) is 0.407. The van der Waals surface area contributed by atoms with Crippen LogP contribution in [0.5, 0.6) is 0 Å². The first-order valence-electron chi connectivity index (χ1n) is 8.33. The van der Waals surface area contributed by atoms with Gasteiger partial charge in [-0.15, -0.1) is 0 Å². The Morgan fingerprint density at radius 1 is 0.458 bits per heavy atom. The van der Waals surface area contributed by atoms with Crippen molar-refractivity contribution < 1.29 is 0 Å². The quantitative estimate of drug-likeness (QED) is 0.620. The van der Waals surface area contributed by atoms with Crippen molar-refractivity contribution in [1.82, 2.24) is 0 Å². The molecule has 0 heterocycles. The van der Waals surface area contributed by atoms with Gasteiger partial charge in [-0.25, -0.2) is 0 Å². The molecule has 24 heavy (non-hydrogen) atoms. The Morgan fingerprint density at radius 2 is 0.792 bits per heavy atom. The number of allylic oxidation sites excluding steroid dienone is 4. The molecule has 4 rings (SSSR count). The second-order valence-electron chi connectivity index (χ2n) is 5.99. The average Bonchev–Trinajstić information content (AvgIpc) is 3.20. The lowest BCUT2D eigenvalue weighted by atomic mass is 10.3. The first kappa shape index (κ1) is 15.1. The van der Waals surface area contributed by atoms with E-state index in [2.05, 4.69) is 115 Å². The average molecular weight is 327 g/mol. The first-order chi connectivity index (χ1) is 11.9. The number of benzene rings is 3. The molecule has 3 aromatic carbocycles. The Labute approximate surface area is 144 Å². The minimum absolute atomic E-state index is 0.407. The molecule has 116 valence electrons. The molecule has 1 aliphatic carbocycles. The van der Waals surface area contributed by atoms with Crippen LogP contribution in [0.2, 0.25) is 0 Å². The first-order valence-corrected chi connectivity index (χ1v) is 10.2. The fraction of sp³-hybridized carbons (Fsp3) is 0.0435. The SMILES string of the molecule is C1=CC([P+](c2ccccc2)(c2ccccc2)c2ccccc2)C=C1. The van der Waals surface area contributed by atoms with Gasteiger partial charge in [0.15, 0.2) is 0 Å². The van der Waals surface area contributed by atoms with Crippen LogP contribution in [-0.4, -0.2) is 5.66 Å². The van der Waals surface area contributed by atoms with E-state index in [0.29, 0.717) is 5.66 Å². The van der Waals surface area contributed by atoms with E-state index in [1.807, 2.05) is 0 Å². The van der Waals surface area contributed by atoms with Gasteiger partial charge < -0.3 is 0 Å². The van der Waals surface area contributed by atoms with E-state index in [1.54, 1.807) is 0 Å². The number of hydrogen-bond donors (Lipinski definition) is 0. The van der Waals surface area contributed by atoms with Crippen LogP contribution in [0.15, 0.2) is 115 Å². The lowest BCUT2D eigenvalue weighted by molar-refractivity contribution is 1.42. The summed E-state index contributed by atoms with van der Waals surface area (Å²) in [6.07, 6.45) is 9.10. The van der Waals surface area contributed by atoms with Crippen molar-refractivity contribution in [2.75, 3.05) is 0 Å². The lowest BCUT2D eigenvalue weighted by Crippen LogP contribution is -2.37. The summed E-state index contributed by atoms with van der Waals surface area (Å²) in [7, 11) is -1.77. The van der Waals surface area contributed by atoms with Gasteiger partial charge >= 0.3 is 0 Å². The third-order valence-corrected chi connectivity index (χ3v) is 9.24. The summed E-state index contributed by atoms with van der Waals surface area (Å²) in [5.74, 6) is 0. The highest BCUT2D eigenvalue weighted by atomic mass is 31.2. The van der Waals surface area contributed by atoms with Crippen LogP contribution in [0.1, 0.15) is 0 Å². The van der Waals surface area contributed by atoms with Crippen LogP contribution < -0.4 is 15.9 Å². The molecule has 0 N–H and O–H groups in total. The van der Waals surface area contributed by atoms with Crippen LogP contribution in [0.4, 0.5) is 0 Å². The van der Waals surface area contributed by atoms with Gasteiger partial charge in [0.2, 0.25) is 0 Å². The molecule has 0 aromatic heterocycles. The van der Waals surface area contributed by atoms with E-state index in [1.165, 1.54) is 15.9 Å². The maximum Gasteiger partial charge on any atom is 0.122 e. The Bertz CT molecular complexity index is 740. The second kappa shape index (κ2) is 6.59. The van der Waals surface area contributed by atoms with Gasteiger partial charge in [0, 0.05) is 0 Å². The van der Waals surface area contributed by atoms with Crippen molar-refractivity contribution in [2.24, 2.45) is 0 Å². The minimum atomic E-state index is -1.77.